The third-order valence-electron chi connectivity index (χ3n) is 2.36. The van der Waals surface area contributed by atoms with E-state index in [1.165, 1.54) is 13.8 Å². The molecule has 0 aromatic heterocycles. The van der Waals surface area contributed by atoms with Gasteiger partial charge in [0.1, 0.15) is 5.78 Å². The standard InChI is InChI=1S/C10H14BrF4NO2/c1-3-16(6(2)4-7(17)5-11)9(18)10(14,15)8(12)13/h6,8H,3-5H2,1-2H3. The van der Waals surface area contributed by atoms with Crippen LogP contribution >= 0.6 is 15.9 Å². The Kier molecular flexibility index (Phi) is 6.80. The van der Waals surface area contributed by atoms with E-state index in [9.17, 15) is 27.2 Å². The highest BCUT2D eigenvalue weighted by Crippen LogP contribution is 2.26. The number of Topliss-reactive ketones (excluding diaryl/α,β-unsaturated/α-hetero) is 1. The van der Waals surface area contributed by atoms with Gasteiger partial charge in [-0.1, -0.05) is 15.9 Å². The summed E-state index contributed by atoms with van der Waals surface area (Å²) in [7, 11) is 0. The summed E-state index contributed by atoms with van der Waals surface area (Å²) in [5.74, 6) is -6.97. The highest BCUT2D eigenvalue weighted by atomic mass is 79.9. The molecule has 3 nitrogen and oxygen atoms in total. The van der Waals surface area contributed by atoms with Crippen molar-refractivity contribution in [2.45, 2.75) is 38.7 Å². The number of carbonyl (C=O) groups excluding carboxylic acids is 2. The van der Waals surface area contributed by atoms with Crippen molar-refractivity contribution in [2.75, 3.05) is 11.9 Å². The predicted molar refractivity (Wildman–Crippen MR) is 61.2 cm³/mol. The molecular formula is C10H14BrF4NO2. The van der Waals surface area contributed by atoms with Crippen molar-refractivity contribution in [1.82, 2.24) is 4.90 Å². The fourth-order valence-electron chi connectivity index (χ4n) is 1.43. The summed E-state index contributed by atoms with van der Waals surface area (Å²) in [5.41, 5.74) is 0. The van der Waals surface area contributed by atoms with Gasteiger partial charge in [0.05, 0.1) is 5.33 Å². The lowest BCUT2D eigenvalue weighted by Crippen LogP contribution is -2.51. The van der Waals surface area contributed by atoms with Crippen molar-refractivity contribution < 1.29 is 27.2 Å². The van der Waals surface area contributed by atoms with Crippen LogP contribution in [0.2, 0.25) is 0 Å². The van der Waals surface area contributed by atoms with Crippen molar-refractivity contribution in [2.24, 2.45) is 0 Å². The fraction of sp³-hybridized carbons (Fsp3) is 0.800. The predicted octanol–water partition coefficient (Wildman–Crippen LogP) is 2.48. The molecule has 0 saturated heterocycles. The summed E-state index contributed by atoms with van der Waals surface area (Å²) in [6.07, 6.45) is -4.22. The van der Waals surface area contributed by atoms with Crippen LogP contribution < -0.4 is 0 Å². The van der Waals surface area contributed by atoms with E-state index in [2.05, 4.69) is 15.9 Å². The first-order valence-electron chi connectivity index (χ1n) is 5.23. The van der Waals surface area contributed by atoms with Crippen LogP contribution in [0.1, 0.15) is 20.3 Å². The molecule has 0 aliphatic carbocycles. The zero-order valence-electron chi connectivity index (χ0n) is 9.93. The number of carbonyl (C=O) groups is 2. The average Bonchev–Trinajstić information content (AvgIpc) is 2.29. The molecule has 1 unspecified atom stereocenters. The third kappa shape index (κ3) is 4.22. The molecule has 1 atom stereocenters. The van der Waals surface area contributed by atoms with Crippen LogP contribution in [-0.2, 0) is 9.59 Å². The van der Waals surface area contributed by atoms with Gasteiger partial charge in [-0.3, -0.25) is 9.59 Å². The molecule has 0 saturated carbocycles. The maximum atomic E-state index is 12.9. The van der Waals surface area contributed by atoms with Crippen molar-refractivity contribution in [3.05, 3.63) is 0 Å². The Morgan fingerprint density at radius 2 is 1.83 bits per heavy atom. The molecule has 0 radical (unpaired) electrons. The molecule has 0 fully saturated rings. The Labute approximate surface area is 111 Å². The summed E-state index contributed by atoms with van der Waals surface area (Å²) >= 11 is 2.89. The largest absolute Gasteiger partial charge is 0.383 e. The van der Waals surface area contributed by atoms with Crippen molar-refractivity contribution >= 4 is 27.6 Å². The van der Waals surface area contributed by atoms with Gasteiger partial charge in [-0.05, 0) is 13.8 Å². The number of ketones is 1. The molecule has 0 aromatic carbocycles. The molecule has 0 N–H and O–H groups in total. The minimum atomic E-state index is -4.72. The minimum absolute atomic E-state index is 0.0221. The van der Waals surface area contributed by atoms with E-state index in [-0.39, 0.29) is 24.1 Å². The third-order valence-corrected chi connectivity index (χ3v) is 2.99. The average molecular weight is 336 g/mol. The van der Waals surface area contributed by atoms with Gasteiger partial charge in [0.15, 0.2) is 0 Å². The number of rotatable bonds is 7. The van der Waals surface area contributed by atoms with Crippen LogP contribution in [-0.4, -0.2) is 46.9 Å². The summed E-state index contributed by atoms with van der Waals surface area (Å²) < 4.78 is 50.0. The number of alkyl halides is 5. The highest BCUT2D eigenvalue weighted by Gasteiger charge is 2.51. The van der Waals surface area contributed by atoms with E-state index in [1.807, 2.05) is 0 Å². The number of amides is 1. The maximum Gasteiger partial charge on any atom is 0.383 e. The molecule has 8 heteroatoms. The van der Waals surface area contributed by atoms with Gasteiger partial charge in [0, 0.05) is 19.0 Å². The van der Waals surface area contributed by atoms with Crippen LogP contribution in [0.25, 0.3) is 0 Å². The Bertz CT molecular complexity index is 312. The maximum absolute atomic E-state index is 12.9. The van der Waals surface area contributed by atoms with Crippen LogP contribution in [0.5, 0.6) is 0 Å². The van der Waals surface area contributed by atoms with Crippen molar-refractivity contribution in [3.8, 4) is 0 Å². The van der Waals surface area contributed by atoms with E-state index in [4.69, 9.17) is 0 Å². The van der Waals surface area contributed by atoms with Crippen molar-refractivity contribution in [1.29, 1.82) is 0 Å². The van der Waals surface area contributed by atoms with Gasteiger partial charge >= 0.3 is 12.3 Å². The first kappa shape index (κ1) is 17.3. The molecular weight excluding hydrogens is 322 g/mol. The summed E-state index contributed by atoms with van der Waals surface area (Å²) in [4.78, 5) is 23.0. The summed E-state index contributed by atoms with van der Waals surface area (Å²) in [6, 6.07) is -0.850. The highest BCUT2D eigenvalue weighted by molar-refractivity contribution is 9.09. The Morgan fingerprint density at radius 1 is 1.33 bits per heavy atom. The molecule has 0 spiro atoms. The zero-order valence-corrected chi connectivity index (χ0v) is 11.5. The second kappa shape index (κ2) is 7.06. The van der Waals surface area contributed by atoms with E-state index in [0.717, 1.165) is 0 Å². The molecule has 0 aliphatic heterocycles. The molecule has 0 aliphatic rings. The first-order valence-corrected chi connectivity index (χ1v) is 6.35. The van der Waals surface area contributed by atoms with Gasteiger partial charge < -0.3 is 4.90 Å². The van der Waals surface area contributed by atoms with E-state index < -0.39 is 24.3 Å². The van der Waals surface area contributed by atoms with Gasteiger partial charge in [0.25, 0.3) is 5.91 Å². The molecule has 106 valence electrons. The van der Waals surface area contributed by atoms with Crippen LogP contribution in [0.15, 0.2) is 0 Å². The SMILES string of the molecule is CCN(C(=O)C(F)(F)C(F)F)C(C)CC(=O)CBr. The normalized spacial score (nSPS) is 13.6. The lowest BCUT2D eigenvalue weighted by molar-refractivity contribution is -0.182. The molecule has 0 bridgehead atoms. The second-order valence-corrected chi connectivity index (χ2v) is 4.30. The van der Waals surface area contributed by atoms with E-state index in [0.29, 0.717) is 4.90 Å². The zero-order chi connectivity index (χ0) is 14.5. The Morgan fingerprint density at radius 3 is 2.17 bits per heavy atom. The summed E-state index contributed by atoms with van der Waals surface area (Å²) in [5, 5.41) is 0.0221. The van der Waals surface area contributed by atoms with Crippen LogP contribution in [0.3, 0.4) is 0 Å². The molecule has 0 heterocycles. The molecule has 1 amide bonds. The quantitative estimate of drug-likeness (QED) is 0.529. The van der Waals surface area contributed by atoms with E-state index in [1.54, 1.807) is 0 Å². The van der Waals surface area contributed by atoms with Gasteiger partial charge in [-0.2, -0.15) is 8.78 Å². The molecule has 18 heavy (non-hydrogen) atoms. The molecule has 0 aromatic rings. The lowest BCUT2D eigenvalue weighted by Gasteiger charge is -2.30. The van der Waals surface area contributed by atoms with Crippen molar-refractivity contribution in [3.63, 3.8) is 0 Å². The number of hydrogen-bond donors (Lipinski definition) is 0. The first-order chi connectivity index (χ1) is 8.18. The topological polar surface area (TPSA) is 37.4 Å². The number of halogens is 5. The fourth-order valence-corrected chi connectivity index (χ4v) is 1.66. The number of nitrogens with zero attached hydrogens (tertiary/aromatic N) is 1. The number of hydrogen-bond acceptors (Lipinski definition) is 2. The second-order valence-electron chi connectivity index (χ2n) is 3.74. The summed E-state index contributed by atoms with van der Waals surface area (Å²) in [6.45, 7) is 2.58. The Hall–Kier alpha value is -0.660. The smallest absolute Gasteiger partial charge is 0.334 e. The Balaban J connectivity index is 4.87. The lowest BCUT2D eigenvalue weighted by atomic mass is 10.1. The van der Waals surface area contributed by atoms with Crippen LogP contribution in [0.4, 0.5) is 17.6 Å². The minimum Gasteiger partial charge on any atom is -0.334 e. The van der Waals surface area contributed by atoms with E-state index >= 15 is 0 Å². The van der Waals surface area contributed by atoms with Crippen LogP contribution in [0, 0.1) is 0 Å². The van der Waals surface area contributed by atoms with Gasteiger partial charge in [-0.25, -0.2) is 8.78 Å². The molecule has 0 rings (SSSR count). The van der Waals surface area contributed by atoms with Gasteiger partial charge in [0.2, 0.25) is 0 Å². The monoisotopic (exact) mass is 335 g/mol. The van der Waals surface area contributed by atoms with Gasteiger partial charge in [-0.15, -0.1) is 0 Å².